The van der Waals surface area contributed by atoms with E-state index in [1.807, 2.05) is 19.9 Å². The lowest BCUT2D eigenvalue weighted by Gasteiger charge is -2.31. The fourth-order valence-corrected chi connectivity index (χ4v) is 5.12. The van der Waals surface area contributed by atoms with Crippen LogP contribution in [0.4, 0.5) is 5.69 Å². The number of ether oxygens (including phenoxy) is 1. The molecule has 1 N–H and O–H groups in total. The van der Waals surface area contributed by atoms with E-state index in [4.69, 9.17) is 4.74 Å². The highest BCUT2D eigenvalue weighted by Gasteiger charge is 2.23. The van der Waals surface area contributed by atoms with Gasteiger partial charge >= 0.3 is 0 Å². The lowest BCUT2D eigenvalue weighted by atomic mass is 10.1. The van der Waals surface area contributed by atoms with Gasteiger partial charge in [-0.1, -0.05) is 6.92 Å². The summed E-state index contributed by atoms with van der Waals surface area (Å²) in [5.74, 6) is -0.0691. The summed E-state index contributed by atoms with van der Waals surface area (Å²) < 4.78 is 33.2. The molecule has 0 saturated carbocycles. The predicted molar refractivity (Wildman–Crippen MR) is 102 cm³/mol. The minimum absolute atomic E-state index is 0.0255. The van der Waals surface area contributed by atoms with Crippen LogP contribution in [0.5, 0.6) is 0 Å². The molecule has 3 rings (SSSR count). The molecule has 1 aromatic carbocycles. The fourth-order valence-electron chi connectivity index (χ4n) is 2.76. The Balaban J connectivity index is 1.70. The molecule has 1 aromatic heterocycles. The van der Waals surface area contributed by atoms with Gasteiger partial charge in [-0.2, -0.15) is 0 Å². The Hall–Kier alpha value is -1.90. The van der Waals surface area contributed by atoms with Gasteiger partial charge in [0.25, 0.3) is 15.9 Å². The largest absolute Gasteiger partial charge is 0.375 e. The molecule has 0 aliphatic carbocycles. The van der Waals surface area contributed by atoms with Crippen LogP contribution in [0.15, 0.2) is 40.6 Å². The van der Waals surface area contributed by atoms with Crippen LogP contribution in [-0.4, -0.2) is 45.0 Å². The molecule has 26 heavy (non-hydrogen) atoms. The van der Waals surface area contributed by atoms with Crippen LogP contribution in [0.3, 0.4) is 0 Å². The number of carbonyl (C=O) groups excluding carboxylic acids is 1. The van der Waals surface area contributed by atoms with E-state index in [-0.39, 0.29) is 16.2 Å². The van der Waals surface area contributed by atoms with Crippen LogP contribution in [-0.2, 0) is 21.2 Å². The topological polar surface area (TPSA) is 75.7 Å². The molecule has 6 nitrogen and oxygen atoms in total. The van der Waals surface area contributed by atoms with Crippen molar-refractivity contribution >= 4 is 33.0 Å². The second-order valence-electron chi connectivity index (χ2n) is 6.19. The van der Waals surface area contributed by atoms with E-state index in [0.717, 1.165) is 11.3 Å². The summed E-state index contributed by atoms with van der Waals surface area (Å²) in [5.41, 5.74) is 0.967. The first-order chi connectivity index (χ1) is 12.4. The number of anilines is 1. The summed E-state index contributed by atoms with van der Waals surface area (Å²) in [4.78, 5) is 15.3. The monoisotopic (exact) mass is 394 g/mol. The average Bonchev–Trinajstić information content (AvgIpc) is 3.12. The van der Waals surface area contributed by atoms with Crippen molar-refractivity contribution in [3.05, 3.63) is 46.8 Å². The molecule has 1 fully saturated rings. The molecule has 0 spiro atoms. The van der Waals surface area contributed by atoms with Crippen molar-refractivity contribution in [3.63, 3.8) is 0 Å². The molecule has 0 bridgehead atoms. The maximum atomic E-state index is 12.5. The van der Waals surface area contributed by atoms with Gasteiger partial charge in [0.15, 0.2) is 0 Å². The molecule has 1 aliphatic heterocycles. The summed E-state index contributed by atoms with van der Waals surface area (Å²) in [6.45, 7) is 5.58. The second kappa shape index (κ2) is 7.77. The normalized spacial score (nSPS) is 17.9. The molecule has 2 heterocycles. The van der Waals surface area contributed by atoms with Gasteiger partial charge < -0.3 is 9.64 Å². The highest BCUT2D eigenvalue weighted by molar-refractivity contribution is 7.94. The summed E-state index contributed by atoms with van der Waals surface area (Å²) >= 11 is 1.26. The van der Waals surface area contributed by atoms with Crippen LogP contribution in [0, 0.1) is 0 Å². The summed E-state index contributed by atoms with van der Waals surface area (Å²) in [6.07, 6.45) is 0.828. The summed E-state index contributed by atoms with van der Waals surface area (Å²) in [7, 11) is -3.61. The third-order valence-corrected chi connectivity index (χ3v) is 7.27. The fraction of sp³-hybridized carbons (Fsp3) is 0.389. The number of hydrogen-bond donors (Lipinski definition) is 1. The molecular weight excluding hydrogens is 372 g/mol. The third-order valence-electron chi connectivity index (χ3n) is 4.16. The number of benzene rings is 1. The predicted octanol–water partition coefficient (Wildman–Crippen LogP) is 2.97. The highest BCUT2D eigenvalue weighted by atomic mass is 32.2. The quantitative estimate of drug-likeness (QED) is 0.846. The Kier molecular flexibility index (Phi) is 5.64. The SMILES string of the molecule is CCc1ccc(S(=O)(=O)Nc2ccc(C(=O)N3CCOC(C)C3)cc2)s1. The van der Waals surface area contributed by atoms with Crippen LogP contribution < -0.4 is 4.72 Å². The number of amides is 1. The molecule has 0 radical (unpaired) electrons. The highest BCUT2D eigenvalue weighted by Crippen LogP contribution is 2.24. The van der Waals surface area contributed by atoms with E-state index in [1.54, 1.807) is 35.2 Å². The maximum Gasteiger partial charge on any atom is 0.271 e. The molecular formula is C18H22N2O4S2. The van der Waals surface area contributed by atoms with Gasteiger partial charge in [-0.05, 0) is 49.7 Å². The van der Waals surface area contributed by atoms with Crippen LogP contribution >= 0.6 is 11.3 Å². The molecule has 1 saturated heterocycles. The number of thiophene rings is 1. The standard InChI is InChI=1S/C18H22N2O4S2/c1-3-16-8-9-17(25-16)26(22,23)19-15-6-4-14(5-7-15)18(21)20-10-11-24-13(2)12-20/h4-9,13,19H,3,10-12H2,1-2H3. The minimum atomic E-state index is -3.61. The average molecular weight is 395 g/mol. The van der Waals surface area contributed by atoms with E-state index in [2.05, 4.69) is 4.72 Å². The molecule has 1 atom stereocenters. The number of aryl methyl sites for hydroxylation is 1. The van der Waals surface area contributed by atoms with Crippen molar-refractivity contribution < 1.29 is 17.9 Å². The van der Waals surface area contributed by atoms with Gasteiger partial charge in [-0.15, -0.1) is 11.3 Å². The lowest BCUT2D eigenvalue weighted by Crippen LogP contribution is -2.44. The van der Waals surface area contributed by atoms with E-state index in [0.29, 0.717) is 30.9 Å². The van der Waals surface area contributed by atoms with Gasteiger partial charge in [-0.3, -0.25) is 9.52 Å². The zero-order valence-electron chi connectivity index (χ0n) is 14.8. The van der Waals surface area contributed by atoms with Gasteiger partial charge in [0.05, 0.1) is 12.7 Å². The number of carbonyl (C=O) groups is 1. The van der Waals surface area contributed by atoms with Crippen molar-refractivity contribution in [2.24, 2.45) is 0 Å². The summed E-state index contributed by atoms with van der Waals surface area (Å²) in [6, 6.07) is 9.96. The second-order valence-corrected chi connectivity index (χ2v) is 9.27. The third kappa shape index (κ3) is 4.25. The van der Waals surface area contributed by atoms with Gasteiger partial charge in [0.1, 0.15) is 4.21 Å². The van der Waals surface area contributed by atoms with Crippen molar-refractivity contribution in [1.29, 1.82) is 0 Å². The van der Waals surface area contributed by atoms with E-state index < -0.39 is 10.0 Å². The van der Waals surface area contributed by atoms with Gasteiger partial charge in [-0.25, -0.2) is 8.42 Å². The van der Waals surface area contributed by atoms with Crippen LogP contribution in [0.1, 0.15) is 29.1 Å². The zero-order valence-corrected chi connectivity index (χ0v) is 16.4. The van der Waals surface area contributed by atoms with Gasteiger partial charge in [0, 0.05) is 29.2 Å². The lowest BCUT2D eigenvalue weighted by molar-refractivity contribution is -0.0124. The summed E-state index contributed by atoms with van der Waals surface area (Å²) in [5, 5.41) is 0. The number of morpholine rings is 1. The first-order valence-corrected chi connectivity index (χ1v) is 10.8. The van der Waals surface area contributed by atoms with Crippen LogP contribution in [0.2, 0.25) is 0 Å². The number of nitrogens with zero attached hydrogens (tertiary/aromatic N) is 1. The molecule has 140 valence electrons. The Morgan fingerprint density at radius 1 is 1.27 bits per heavy atom. The van der Waals surface area contributed by atoms with Crippen molar-refractivity contribution in [3.8, 4) is 0 Å². The first kappa shape index (κ1) is 18.9. The smallest absolute Gasteiger partial charge is 0.271 e. The Bertz CT molecular complexity index is 875. The molecule has 2 aromatic rings. The number of rotatable bonds is 5. The van der Waals surface area contributed by atoms with Crippen molar-refractivity contribution in [1.82, 2.24) is 4.90 Å². The first-order valence-electron chi connectivity index (χ1n) is 8.51. The molecule has 1 amide bonds. The number of hydrogen-bond acceptors (Lipinski definition) is 5. The van der Waals surface area contributed by atoms with E-state index in [9.17, 15) is 13.2 Å². The van der Waals surface area contributed by atoms with Crippen molar-refractivity contribution in [2.75, 3.05) is 24.4 Å². The Labute approximate surface area is 157 Å². The molecule has 1 unspecified atom stereocenters. The van der Waals surface area contributed by atoms with Crippen LogP contribution in [0.25, 0.3) is 0 Å². The van der Waals surface area contributed by atoms with Crippen molar-refractivity contribution in [2.45, 2.75) is 30.6 Å². The Morgan fingerprint density at radius 2 is 2.00 bits per heavy atom. The molecule has 8 heteroatoms. The number of sulfonamides is 1. The number of nitrogens with one attached hydrogen (secondary N) is 1. The minimum Gasteiger partial charge on any atom is -0.375 e. The zero-order chi connectivity index (χ0) is 18.7. The van der Waals surface area contributed by atoms with E-state index >= 15 is 0 Å². The maximum absolute atomic E-state index is 12.5. The Morgan fingerprint density at radius 3 is 2.62 bits per heavy atom. The van der Waals surface area contributed by atoms with Gasteiger partial charge in [0.2, 0.25) is 0 Å². The van der Waals surface area contributed by atoms with E-state index in [1.165, 1.54) is 11.3 Å². The molecule has 1 aliphatic rings.